The predicted molar refractivity (Wildman–Crippen MR) is 139 cm³/mol. The monoisotopic (exact) mass is 592 g/mol. The van der Waals surface area contributed by atoms with Gasteiger partial charge in [-0.15, -0.1) is 23.2 Å². The maximum Gasteiger partial charge on any atom is 0.338 e. The number of ether oxygens (including phenoxy) is 1. The number of benzene rings is 2. The zero-order valence-electron chi connectivity index (χ0n) is 19.5. The fourth-order valence-corrected chi connectivity index (χ4v) is 7.02. The van der Waals surface area contributed by atoms with Crippen LogP contribution < -0.4 is 10.2 Å². The van der Waals surface area contributed by atoms with Crippen molar-refractivity contribution in [2.75, 3.05) is 16.8 Å². The topological polar surface area (TPSA) is 92.8 Å². The smallest absolute Gasteiger partial charge is 0.338 e. The van der Waals surface area contributed by atoms with Crippen LogP contribution in [0.2, 0.25) is 0 Å². The van der Waals surface area contributed by atoms with Gasteiger partial charge < -0.3 is 10.1 Å². The molecule has 0 radical (unpaired) electrons. The van der Waals surface area contributed by atoms with Crippen LogP contribution in [0.25, 0.3) is 0 Å². The number of nitrogens with one attached hydrogen (secondary N) is 1. The van der Waals surface area contributed by atoms with Crippen molar-refractivity contribution in [1.82, 2.24) is 0 Å². The summed E-state index contributed by atoms with van der Waals surface area (Å²) in [6.45, 7) is 3.33. The number of rotatable bonds is 5. The molecule has 2 aromatic carbocycles. The first-order chi connectivity index (χ1) is 17.1. The van der Waals surface area contributed by atoms with Crippen LogP contribution in [0.15, 0.2) is 40.9 Å². The number of alkyl halides is 2. The van der Waals surface area contributed by atoms with Crippen molar-refractivity contribution in [3.05, 3.63) is 57.6 Å². The summed E-state index contributed by atoms with van der Waals surface area (Å²) >= 11 is 16.3. The molecule has 6 atom stereocenters. The van der Waals surface area contributed by atoms with Gasteiger partial charge in [-0.2, -0.15) is 0 Å². The molecule has 2 saturated carbocycles. The summed E-state index contributed by atoms with van der Waals surface area (Å²) in [5, 5.41) is 2.06. The van der Waals surface area contributed by atoms with Gasteiger partial charge in [0.1, 0.15) is 0 Å². The average Bonchev–Trinajstić information content (AvgIpc) is 3.47. The maximum absolute atomic E-state index is 13.2. The van der Waals surface area contributed by atoms with E-state index in [-0.39, 0.29) is 45.7 Å². The van der Waals surface area contributed by atoms with Crippen LogP contribution in [-0.2, 0) is 19.1 Å². The van der Waals surface area contributed by atoms with Crippen molar-refractivity contribution in [3.8, 4) is 0 Å². The molecule has 1 saturated heterocycles. The average molecular weight is 594 g/mol. The molecule has 10 heteroatoms. The Kier molecular flexibility index (Phi) is 6.64. The van der Waals surface area contributed by atoms with Crippen LogP contribution >= 0.6 is 39.1 Å². The Morgan fingerprint density at radius 1 is 1.03 bits per heavy atom. The second-order valence-corrected chi connectivity index (χ2v) is 11.4. The second kappa shape index (κ2) is 9.47. The van der Waals surface area contributed by atoms with Gasteiger partial charge in [-0.3, -0.25) is 19.3 Å². The predicted octanol–water partition coefficient (Wildman–Crippen LogP) is 4.83. The van der Waals surface area contributed by atoms with E-state index < -0.39 is 30.3 Å². The minimum Gasteiger partial charge on any atom is -0.452 e. The second-order valence-electron chi connectivity index (χ2n) is 9.54. The lowest BCUT2D eigenvalue weighted by atomic mass is 9.80. The number of hydrogen-bond donors (Lipinski definition) is 1. The molecule has 1 heterocycles. The SMILES string of the molecule is Cc1c(Br)ccc(NC(=O)COC(=O)c2cccc(N3C(=O)[C@@H]4[C@H]5C[C@@H]([C@H](Cl)[C@H]5Cl)[C@@H]4C3=O)c2)c1C. The highest BCUT2D eigenvalue weighted by molar-refractivity contribution is 9.10. The van der Waals surface area contributed by atoms with Crippen molar-refractivity contribution in [3.63, 3.8) is 0 Å². The van der Waals surface area contributed by atoms with Crippen molar-refractivity contribution < 1.29 is 23.9 Å². The summed E-state index contributed by atoms with van der Waals surface area (Å²) in [4.78, 5) is 52.6. The molecule has 2 bridgehead atoms. The van der Waals surface area contributed by atoms with Crippen molar-refractivity contribution in [2.24, 2.45) is 23.7 Å². The van der Waals surface area contributed by atoms with Gasteiger partial charge >= 0.3 is 5.97 Å². The van der Waals surface area contributed by atoms with E-state index >= 15 is 0 Å². The van der Waals surface area contributed by atoms with Crippen LogP contribution in [0.4, 0.5) is 11.4 Å². The summed E-state index contributed by atoms with van der Waals surface area (Å²) in [5.41, 5.74) is 2.93. The highest BCUT2D eigenvalue weighted by atomic mass is 79.9. The van der Waals surface area contributed by atoms with Gasteiger partial charge in [0.05, 0.1) is 33.8 Å². The third-order valence-electron chi connectivity index (χ3n) is 7.66. The molecule has 3 fully saturated rings. The number of nitrogens with zero attached hydrogens (tertiary/aromatic N) is 1. The number of hydrogen-bond acceptors (Lipinski definition) is 5. The molecule has 0 unspecified atom stereocenters. The van der Waals surface area contributed by atoms with Crippen LogP contribution in [-0.4, -0.2) is 41.1 Å². The molecule has 2 aliphatic carbocycles. The minimum absolute atomic E-state index is 0.127. The molecular formula is C26H23BrCl2N2O5. The van der Waals surface area contributed by atoms with Crippen molar-refractivity contribution in [1.29, 1.82) is 0 Å². The Hall–Kier alpha value is -2.42. The van der Waals surface area contributed by atoms with E-state index in [1.54, 1.807) is 18.2 Å². The minimum atomic E-state index is -0.739. The number of esters is 1. The summed E-state index contributed by atoms with van der Waals surface area (Å²) < 4.78 is 6.12. The first-order valence-corrected chi connectivity index (χ1v) is 13.3. The van der Waals surface area contributed by atoms with E-state index in [2.05, 4.69) is 21.2 Å². The van der Waals surface area contributed by atoms with Gasteiger partial charge in [0.15, 0.2) is 6.61 Å². The number of carbonyl (C=O) groups excluding carboxylic acids is 4. The molecule has 5 rings (SSSR count). The fourth-order valence-electron chi connectivity index (χ4n) is 5.70. The lowest BCUT2D eigenvalue weighted by Gasteiger charge is -2.28. The van der Waals surface area contributed by atoms with Gasteiger partial charge in [-0.1, -0.05) is 22.0 Å². The number of fused-ring (bicyclic) bond motifs is 5. The normalized spacial score (nSPS) is 28.4. The number of anilines is 2. The number of carbonyl (C=O) groups is 4. The van der Waals surface area contributed by atoms with Crippen molar-refractivity contribution >= 4 is 74.2 Å². The van der Waals surface area contributed by atoms with Crippen molar-refractivity contribution in [2.45, 2.75) is 31.0 Å². The molecule has 7 nitrogen and oxygen atoms in total. The third-order valence-corrected chi connectivity index (χ3v) is 9.83. The Morgan fingerprint density at radius 3 is 2.31 bits per heavy atom. The van der Waals surface area contributed by atoms with E-state index in [4.69, 9.17) is 27.9 Å². The standard InChI is InChI=1S/C26H23BrCl2N2O5/c1-11-12(2)18(7-6-17(11)27)30-19(32)10-36-26(35)13-4-3-5-14(8-13)31-24(33)20-15-9-16(21(20)25(31)34)23(29)22(15)28/h3-8,15-16,20-23H,9-10H2,1-2H3,(H,30,32)/t15-,16-,20-,21+,22+,23+/m1/s1. The third kappa shape index (κ3) is 4.03. The highest BCUT2D eigenvalue weighted by Gasteiger charge is 2.66. The van der Waals surface area contributed by atoms with Crippen LogP contribution in [0.5, 0.6) is 0 Å². The first-order valence-electron chi connectivity index (χ1n) is 11.6. The molecule has 3 amide bonds. The van der Waals surface area contributed by atoms with E-state index in [0.29, 0.717) is 12.1 Å². The molecule has 1 N–H and O–H groups in total. The van der Waals surface area contributed by atoms with Crippen LogP contribution in [0.3, 0.4) is 0 Å². The zero-order valence-corrected chi connectivity index (χ0v) is 22.6. The van der Waals surface area contributed by atoms with Gasteiger partial charge in [0.25, 0.3) is 5.91 Å². The van der Waals surface area contributed by atoms with Gasteiger partial charge in [-0.25, -0.2) is 4.79 Å². The Balaban J connectivity index is 1.26. The summed E-state index contributed by atoms with van der Waals surface area (Å²) in [6.07, 6.45) is 0.677. The van der Waals surface area contributed by atoms with Gasteiger partial charge in [0, 0.05) is 10.2 Å². The van der Waals surface area contributed by atoms with Gasteiger partial charge in [0.2, 0.25) is 11.8 Å². The molecule has 188 valence electrons. The summed E-state index contributed by atoms with van der Waals surface area (Å²) in [7, 11) is 0. The Labute approximate surface area is 226 Å². The lowest BCUT2D eigenvalue weighted by Crippen LogP contribution is -2.37. The molecular weight excluding hydrogens is 571 g/mol. The first kappa shape index (κ1) is 25.2. The summed E-state index contributed by atoms with van der Waals surface area (Å²) in [6, 6.07) is 9.69. The molecule has 0 aromatic heterocycles. The van der Waals surface area contributed by atoms with E-state index in [1.165, 1.54) is 12.1 Å². The van der Waals surface area contributed by atoms with E-state index in [1.807, 2.05) is 19.9 Å². The van der Waals surface area contributed by atoms with Crippen LogP contribution in [0.1, 0.15) is 27.9 Å². The number of amides is 3. The molecule has 1 aliphatic heterocycles. The molecule has 3 aliphatic rings. The van der Waals surface area contributed by atoms with Crippen LogP contribution in [0, 0.1) is 37.5 Å². The summed E-state index contributed by atoms with van der Waals surface area (Å²) in [5.74, 6) is -3.06. The molecule has 2 aromatic rings. The quantitative estimate of drug-likeness (QED) is 0.304. The number of imide groups is 1. The Morgan fingerprint density at radius 2 is 1.67 bits per heavy atom. The maximum atomic E-state index is 13.2. The highest BCUT2D eigenvalue weighted by Crippen LogP contribution is 2.59. The molecule has 36 heavy (non-hydrogen) atoms. The van der Waals surface area contributed by atoms with Gasteiger partial charge in [-0.05, 0) is 73.6 Å². The zero-order chi connectivity index (χ0) is 25.9. The number of halogens is 3. The lowest BCUT2D eigenvalue weighted by molar-refractivity contribution is -0.123. The van der Waals surface area contributed by atoms with E-state index in [9.17, 15) is 19.2 Å². The largest absolute Gasteiger partial charge is 0.452 e. The Bertz CT molecular complexity index is 1270. The molecule has 0 spiro atoms. The van der Waals surface area contributed by atoms with E-state index in [0.717, 1.165) is 20.5 Å². The fraction of sp³-hybridized carbons (Fsp3) is 0.385.